The minimum atomic E-state index is -0.573. The monoisotopic (exact) mass is 213 g/mol. The fourth-order valence-corrected chi connectivity index (χ4v) is 1.15. The van der Waals surface area contributed by atoms with Gasteiger partial charge in [-0.1, -0.05) is 18.5 Å². The highest BCUT2D eigenvalue weighted by Crippen LogP contribution is 2.17. The van der Waals surface area contributed by atoms with Gasteiger partial charge in [-0.05, 0) is 30.7 Å². The van der Waals surface area contributed by atoms with Crippen molar-refractivity contribution < 1.29 is 9.53 Å². The summed E-state index contributed by atoms with van der Waals surface area (Å²) in [5.74, 6) is 0.141. The number of hydrogen-bond acceptors (Lipinski definition) is 2. The van der Waals surface area contributed by atoms with Crippen LogP contribution in [0.5, 0.6) is 5.75 Å². The van der Waals surface area contributed by atoms with E-state index < -0.39 is 12.0 Å². The fraction of sp³-hybridized carbons (Fsp3) is 0.300. The predicted molar refractivity (Wildman–Crippen MR) is 55.4 cm³/mol. The van der Waals surface area contributed by atoms with Crippen LogP contribution in [0.2, 0.25) is 5.02 Å². The van der Waals surface area contributed by atoms with Crippen molar-refractivity contribution in [3.05, 3.63) is 29.3 Å². The topological polar surface area (TPSA) is 52.3 Å². The Balaban J connectivity index is 2.67. The van der Waals surface area contributed by atoms with Gasteiger partial charge in [0, 0.05) is 5.02 Å². The van der Waals surface area contributed by atoms with Crippen LogP contribution in [0.15, 0.2) is 24.3 Å². The zero-order valence-electron chi connectivity index (χ0n) is 7.87. The maximum atomic E-state index is 10.9. The molecule has 0 fully saturated rings. The molecular formula is C10H12ClNO2. The van der Waals surface area contributed by atoms with Gasteiger partial charge in [0.1, 0.15) is 5.75 Å². The first-order valence-corrected chi connectivity index (χ1v) is 4.72. The number of ether oxygens (including phenoxy) is 1. The minimum absolute atomic E-state index is 0.456. The first kappa shape index (κ1) is 10.9. The van der Waals surface area contributed by atoms with E-state index in [0.717, 1.165) is 0 Å². The quantitative estimate of drug-likeness (QED) is 0.832. The minimum Gasteiger partial charge on any atom is -0.481 e. The van der Waals surface area contributed by atoms with Gasteiger partial charge in [0.25, 0.3) is 5.91 Å². The molecule has 1 amide bonds. The van der Waals surface area contributed by atoms with Gasteiger partial charge in [-0.15, -0.1) is 0 Å². The van der Waals surface area contributed by atoms with Crippen molar-refractivity contribution in [2.24, 2.45) is 5.73 Å². The van der Waals surface area contributed by atoms with Gasteiger partial charge in [0.2, 0.25) is 0 Å². The predicted octanol–water partition coefficient (Wildman–Crippen LogP) is 1.98. The van der Waals surface area contributed by atoms with Gasteiger partial charge in [-0.25, -0.2) is 0 Å². The number of halogens is 1. The molecule has 0 saturated carbocycles. The molecule has 14 heavy (non-hydrogen) atoms. The van der Waals surface area contributed by atoms with Crippen LogP contribution in [0, 0.1) is 0 Å². The normalized spacial score (nSPS) is 12.1. The number of carbonyl (C=O) groups excluding carboxylic acids is 1. The van der Waals surface area contributed by atoms with Crippen LogP contribution >= 0.6 is 11.6 Å². The van der Waals surface area contributed by atoms with Gasteiger partial charge in [-0.2, -0.15) is 0 Å². The van der Waals surface area contributed by atoms with Crippen LogP contribution in [0.4, 0.5) is 0 Å². The Hall–Kier alpha value is -1.22. The van der Waals surface area contributed by atoms with Crippen molar-refractivity contribution in [2.45, 2.75) is 19.4 Å². The lowest BCUT2D eigenvalue weighted by atomic mass is 10.2. The summed E-state index contributed by atoms with van der Waals surface area (Å²) in [7, 11) is 0. The standard InChI is InChI=1S/C10H12ClNO2/c1-2-9(10(12)13)14-8-5-3-7(11)4-6-8/h3-6,9H,2H2,1H3,(H2,12,13)/t9-/m1/s1. The van der Waals surface area contributed by atoms with E-state index in [1.165, 1.54) is 0 Å². The number of rotatable bonds is 4. The third-order valence-corrected chi connectivity index (χ3v) is 2.03. The van der Waals surface area contributed by atoms with E-state index >= 15 is 0 Å². The average Bonchev–Trinajstić information content (AvgIpc) is 2.16. The van der Waals surface area contributed by atoms with Crippen LogP contribution < -0.4 is 10.5 Å². The molecule has 0 spiro atoms. The second-order valence-electron chi connectivity index (χ2n) is 2.87. The summed E-state index contributed by atoms with van der Waals surface area (Å²) in [4.78, 5) is 10.9. The molecule has 4 heteroatoms. The molecule has 0 saturated heterocycles. The molecule has 0 bridgehead atoms. The Kier molecular flexibility index (Phi) is 3.77. The lowest BCUT2D eigenvalue weighted by Gasteiger charge is -2.13. The van der Waals surface area contributed by atoms with E-state index in [0.29, 0.717) is 17.2 Å². The van der Waals surface area contributed by atoms with E-state index in [1.807, 2.05) is 6.92 Å². The molecule has 3 nitrogen and oxygen atoms in total. The number of amides is 1. The van der Waals surface area contributed by atoms with Crippen molar-refractivity contribution >= 4 is 17.5 Å². The fourth-order valence-electron chi connectivity index (χ4n) is 1.02. The Morgan fingerprint density at radius 2 is 2.07 bits per heavy atom. The molecule has 0 aromatic heterocycles. The SMILES string of the molecule is CC[C@@H](Oc1ccc(Cl)cc1)C(N)=O. The van der Waals surface area contributed by atoms with Crippen LogP contribution in [0.25, 0.3) is 0 Å². The van der Waals surface area contributed by atoms with E-state index in [9.17, 15) is 4.79 Å². The second kappa shape index (κ2) is 4.86. The molecule has 76 valence electrons. The highest BCUT2D eigenvalue weighted by Gasteiger charge is 2.13. The van der Waals surface area contributed by atoms with Crippen LogP contribution in [-0.4, -0.2) is 12.0 Å². The molecule has 2 N–H and O–H groups in total. The zero-order chi connectivity index (χ0) is 10.6. The lowest BCUT2D eigenvalue weighted by molar-refractivity contribution is -0.124. The summed E-state index contributed by atoms with van der Waals surface area (Å²) >= 11 is 5.70. The van der Waals surface area contributed by atoms with Crippen molar-refractivity contribution in [3.8, 4) is 5.75 Å². The van der Waals surface area contributed by atoms with E-state index in [4.69, 9.17) is 22.1 Å². The van der Waals surface area contributed by atoms with Gasteiger partial charge in [0.05, 0.1) is 0 Å². The van der Waals surface area contributed by atoms with Crippen molar-refractivity contribution in [1.82, 2.24) is 0 Å². The van der Waals surface area contributed by atoms with Gasteiger partial charge in [0.15, 0.2) is 6.10 Å². The summed E-state index contributed by atoms with van der Waals surface area (Å²) in [5.41, 5.74) is 5.13. The zero-order valence-corrected chi connectivity index (χ0v) is 8.62. The first-order valence-electron chi connectivity index (χ1n) is 4.35. The summed E-state index contributed by atoms with van der Waals surface area (Å²) in [6.07, 6.45) is -0.0195. The summed E-state index contributed by atoms with van der Waals surface area (Å²) in [5, 5.41) is 0.629. The van der Waals surface area contributed by atoms with Crippen LogP contribution in [0.1, 0.15) is 13.3 Å². The van der Waals surface area contributed by atoms with Gasteiger partial charge < -0.3 is 10.5 Å². The van der Waals surface area contributed by atoms with Gasteiger partial charge in [-0.3, -0.25) is 4.79 Å². The third-order valence-electron chi connectivity index (χ3n) is 1.78. The maximum Gasteiger partial charge on any atom is 0.258 e. The highest BCUT2D eigenvalue weighted by molar-refractivity contribution is 6.30. The lowest BCUT2D eigenvalue weighted by Crippen LogP contribution is -2.32. The molecule has 0 aliphatic rings. The van der Waals surface area contributed by atoms with Gasteiger partial charge >= 0.3 is 0 Å². The maximum absolute atomic E-state index is 10.9. The number of hydrogen-bond donors (Lipinski definition) is 1. The molecule has 0 heterocycles. The van der Waals surface area contributed by atoms with Crippen molar-refractivity contribution in [2.75, 3.05) is 0 Å². The summed E-state index contributed by atoms with van der Waals surface area (Å²) < 4.78 is 5.35. The van der Waals surface area contributed by atoms with E-state index in [1.54, 1.807) is 24.3 Å². The number of primary amides is 1. The third kappa shape index (κ3) is 2.92. The second-order valence-corrected chi connectivity index (χ2v) is 3.31. The molecular weight excluding hydrogens is 202 g/mol. The van der Waals surface area contributed by atoms with Crippen molar-refractivity contribution in [3.63, 3.8) is 0 Å². The molecule has 0 radical (unpaired) electrons. The Bertz CT molecular complexity index is 310. The highest BCUT2D eigenvalue weighted by atomic mass is 35.5. The van der Waals surface area contributed by atoms with Crippen molar-refractivity contribution in [1.29, 1.82) is 0 Å². The summed E-state index contributed by atoms with van der Waals surface area (Å²) in [6.45, 7) is 1.84. The molecule has 0 aliphatic carbocycles. The summed E-state index contributed by atoms with van der Waals surface area (Å²) in [6, 6.07) is 6.80. The molecule has 1 atom stereocenters. The van der Waals surface area contributed by atoms with Crippen LogP contribution in [-0.2, 0) is 4.79 Å². The van der Waals surface area contributed by atoms with Crippen LogP contribution in [0.3, 0.4) is 0 Å². The molecule has 0 unspecified atom stereocenters. The smallest absolute Gasteiger partial charge is 0.258 e. The van der Waals surface area contributed by atoms with E-state index in [-0.39, 0.29) is 0 Å². The Morgan fingerprint density at radius 1 is 1.50 bits per heavy atom. The first-order chi connectivity index (χ1) is 6.63. The Labute approximate surface area is 87.8 Å². The number of nitrogens with two attached hydrogens (primary N) is 1. The average molecular weight is 214 g/mol. The van der Waals surface area contributed by atoms with E-state index in [2.05, 4.69) is 0 Å². The largest absolute Gasteiger partial charge is 0.481 e. The Morgan fingerprint density at radius 3 is 2.50 bits per heavy atom. The molecule has 1 aromatic rings. The number of benzene rings is 1. The molecule has 1 rings (SSSR count). The molecule has 1 aromatic carbocycles. The molecule has 0 aliphatic heterocycles. The number of carbonyl (C=O) groups is 1.